The molecule has 0 saturated heterocycles. The maximum absolute atomic E-state index is 11.9. The van der Waals surface area contributed by atoms with E-state index in [0.717, 1.165) is 0 Å². The summed E-state index contributed by atoms with van der Waals surface area (Å²) in [5, 5.41) is 8.57. The standard InChI is InChI=1S/C13H14N2O2/c1-11(16)10-13(17)15(9-5-8-14)12-6-3-2-4-7-12/h2-4,6-7H,5,9-10H2,1H3. The fourth-order valence-corrected chi connectivity index (χ4v) is 1.48. The molecule has 0 aromatic heterocycles. The van der Waals surface area contributed by atoms with Crippen LogP contribution in [0.3, 0.4) is 0 Å². The van der Waals surface area contributed by atoms with E-state index in [1.807, 2.05) is 24.3 Å². The van der Waals surface area contributed by atoms with Gasteiger partial charge in [0.05, 0.1) is 18.9 Å². The lowest BCUT2D eigenvalue weighted by molar-refractivity contribution is -0.125. The molecule has 17 heavy (non-hydrogen) atoms. The van der Waals surface area contributed by atoms with Gasteiger partial charge in [0.1, 0.15) is 5.78 Å². The summed E-state index contributed by atoms with van der Waals surface area (Å²) >= 11 is 0. The minimum absolute atomic E-state index is 0.125. The van der Waals surface area contributed by atoms with Gasteiger partial charge in [0.15, 0.2) is 0 Å². The molecule has 0 saturated carbocycles. The van der Waals surface area contributed by atoms with Crippen LogP contribution in [0.2, 0.25) is 0 Å². The van der Waals surface area contributed by atoms with Crippen LogP contribution in [0.4, 0.5) is 5.69 Å². The van der Waals surface area contributed by atoms with Gasteiger partial charge in [0.25, 0.3) is 0 Å². The largest absolute Gasteiger partial charge is 0.311 e. The van der Waals surface area contributed by atoms with Gasteiger partial charge in [0, 0.05) is 12.2 Å². The smallest absolute Gasteiger partial charge is 0.234 e. The highest BCUT2D eigenvalue weighted by Gasteiger charge is 2.16. The van der Waals surface area contributed by atoms with Crippen LogP contribution in [0.25, 0.3) is 0 Å². The van der Waals surface area contributed by atoms with Crippen LogP contribution >= 0.6 is 0 Å². The highest BCUT2D eigenvalue weighted by molar-refractivity contribution is 6.04. The Morgan fingerprint density at radius 3 is 2.47 bits per heavy atom. The molecule has 88 valence electrons. The van der Waals surface area contributed by atoms with Crippen LogP contribution in [-0.4, -0.2) is 18.2 Å². The molecule has 4 heteroatoms. The normalized spacial score (nSPS) is 9.41. The van der Waals surface area contributed by atoms with Gasteiger partial charge in [-0.1, -0.05) is 18.2 Å². The average Bonchev–Trinajstić information content (AvgIpc) is 2.30. The molecule has 1 amide bonds. The van der Waals surface area contributed by atoms with Gasteiger partial charge in [-0.2, -0.15) is 5.26 Å². The van der Waals surface area contributed by atoms with Gasteiger partial charge in [-0.3, -0.25) is 9.59 Å². The number of hydrogen-bond donors (Lipinski definition) is 0. The summed E-state index contributed by atoms with van der Waals surface area (Å²) in [6.45, 7) is 1.69. The molecule has 1 aromatic rings. The van der Waals surface area contributed by atoms with E-state index < -0.39 is 0 Å². The fraction of sp³-hybridized carbons (Fsp3) is 0.308. The summed E-state index contributed by atoms with van der Waals surface area (Å²) < 4.78 is 0. The lowest BCUT2D eigenvalue weighted by Crippen LogP contribution is -2.32. The van der Waals surface area contributed by atoms with Gasteiger partial charge in [-0.25, -0.2) is 0 Å². The highest BCUT2D eigenvalue weighted by Crippen LogP contribution is 2.14. The molecule has 0 fully saturated rings. The maximum atomic E-state index is 11.9. The topological polar surface area (TPSA) is 61.2 Å². The number of Topliss-reactive ketones (excluding diaryl/α,β-unsaturated/α-hetero) is 1. The first kappa shape index (κ1) is 12.9. The van der Waals surface area contributed by atoms with E-state index in [9.17, 15) is 9.59 Å². The van der Waals surface area contributed by atoms with Crippen molar-refractivity contribution in [1.29, 1.82) is 5.26 Å². The molecule has 0 radical (unpaired) electrons. The summed E-state index contributed by atoms with van der Waals surface area (Å²) in [5.41, 5.74) is 0.717. The van der Waals surface area contributed by atoms with Crippen molar-refractivity contribution in [2.24, 2.45) is 0 Å². The van der Waals surface area contributed by atoms with Crippen LogP contribution in [0.1, 0.15) is 19.8 Å². The van der Waals surface area contributed by atoms with E-state index in [1.54, 1.807) is 12.1 Å². The number of para-hydroxylation sites is 1. The van der Waals surface area contributed by atoms with Crippen molar-refractivity contribution in [3.63, 3.8) is 0 Å². The number of amides is 1. The summed E-state index contributed by atoms with van der Waals surface area (Å²) in [6, 6.07) is 11.1. The Morgan fingerprint density at radius 1 is 1.29 bits per heavy atom. The number of rotatable bonds is 5. The van der Waals surface area contributed by atoms with Crippen molar-refractivity contribution in [3.05, 3.63) is 30.3 Å². The Bertz CT molecular complexity index is 434. The molecule has 0 heterocycles. The molecular formula is C13H14N2O2. The number of hydrogen-bond acceptors (Lipinski definition) is 3. The van der Waals surface area contributed by atoms with Crippen LogP contribution < -0.4 is 4.90 Å². The first-order chi connectivity index (χ1) is 8.15. The molecule has 0 N–H and O–H groups in total. The van der Waals surface area contributed by atoms with E-state index in [-0.39, 0.29) is 24.5 Å². The van der Waals surface area contributed by atoms with Gasteiger partial charge in [-0.15, -0.1) is 0 Å². The first-order valence-corrected chi connectivity index (χ1v) is 5.37. The van der Waals surface area contributed by atoms with Gasteiger partial charge >= 0.3 is 0 Å². The number of benzene rings is 1. The van der Waals surface area contributed by atoms with Crippen LogP contribution in [0.15, 0.2) is 30.3 Å². The Balaban J connectivity index is 2.84. The second kappa shape index (κ2) is 6.44. The quantitative estimate of drug-likeness (QED) is 0.726. The van der Waals surface area contributed by atoms with Crippen molar-refractivity contribution in [1.82, 2.24) is 0 Å². The minimum Gasteiger partial charge on any atom is -0.311 e. The molecule has 0 aliphatic carbocycles. The predicted molar refractivity (Wildman–Crippen MR) is 64.3 cm³/mol. The Hall–Kier alpha value is -2.15. The molecule has 0 bridgehead atoms. The summed E-state index contributed by atoms with van der Waals surface area (Å²) in [5.74, 6) is -0.438. The highest BCUT2D eigenvalue weighted by atomic mass is 16.2. The fourth-order valence-electron chi connectivity index (χ4n) is 1.48. The van der Waals surface area contributed by atoms with E-state index in [4.69, 9.17) is 5.26 Å². The first-order valence-electron chi connectivity index (χ1n) is 5.37. The molecule has 0 aliphatic rings. The van der Waals surface area contributed by atoms with Crippen molar-refractivity contribution in [3.8, 4) is 6.07 Å². The number of anilines is 1. The van der Waals surface area contributed by atoms with E-state index in [0.29, 0.717) is 12.2 Å². The Labute approximate surface area is 100 Å². The predicted octanol–water partition coefficient (Wildman–Crippen LogP) is 1.91. The molecule has 4 nitrogen and oxygen atoms in total. The summed E-state index contributed by atoms with van der Waals surface area (Å²) in [4.78, 5) is 24.3. The molecule has 1 aromatic carbocycles. The van der Waals surface area contributed by atoms with E-state index in [1.165, 1.54) is 11.8 Å². The molecule has 0 spiro atoms. The lowest BCUT2D eigenvalue weighted by Gasteiger charge is -2.21. The van der Waals surface area contributed by atoms with Gasteiger partial charge in [-0.05, 0) is 19.1 Å². The van der Waals surface area contributed by atoms with Gasteiger partial charge in [0.2, 0.25) is 5.91 Å². The third kappa shape index (κ3) is 4.07. The summed E-state index contributed by atoms with van der Waals surface area (Å²) in [7, 11) is 0. The number of ketones is 1. The maximum Gasteiger partial charge on any atom is 0.234 e. The number of carbonyl (C=O) groups is 2. The third-order valence-corrected chi connectivity index (χ3v) is 2.22. The molecular weight excluding hydrogens is 216 g/mol. The summed E-state index contributed by atoms with van der Waals surface area (Å²) in [6.07, 6.45) is 0.124. The Kier molecular flexibility index (Phi) is 4.89. The van der Waals surface area contributed by atoms with Crippen LogP contribution in [0, 0.1) is 11.3 Å². The zero-order chi connectivity index (χ0) is 12.7. The minimum atomic E-state index is -0.265. The molecule has 1 rings (SSSR count). The second-order valence-corrected chi connectivity index (χ2v) is 3.67. The van der Waals surface area contributed by atoms with Crippen molar-refractivity contribution >= 4 is 17.4 Å². The van der Waals surface area contributed by atoms with Crippen LogP contribution in [-0.2, 0) is 9.59 Å². The molecule has 0 unspecified atom stereocenters. The number of nitriles is 1. The average molecular weight is 230 g/mol. The Morgan fingerprint density at radius 2 is 1.94 bits per heavy atom. The van der Waals surface area contributed by atoms with Crippen molar-refractivity contribution < 1.29 is 9.59 Å². The van der Waals surface area contributed by atoms with Crippen molar-refractivity contribution in [2.75, 3.05) is 11.4 Å². The van der Waals surface area contributed by atoms with E-state index >= 15 is 0 Å². The van der Waals surface area contributed by atoms with Gasteiger partial charge < -0.3 is 4.90 Å². The zero-order valence-corrected chi connectivity index (χ0v) is 9.72. The molecule has 0 atom stereocenters. The lowest BCUT2D eigenvalue weighted by atomic mass is 10.2. The second-order valence-electron chi connectivity index (χ2n) is 3.67. The number of carbonyl (C=O) groups excluding carboxylic acids is 2. The van der Waals surface area contributed by atoms with E-state index in [2.05, 4.69) is 0 Å². The molecule has 0 aliphatic heterocycles. The van der Waals surface area contributed by atoms with Crippen LogP contribution in [0.5, 0.6) is 0 Å². The third-order valence-electron chi connectivity index (χ3n) is 2.22. The number of nitrogens with zero attached hydrogens (tertiary/aromatic N) is 2. The monoisotopic (exact) mass is 230 g/mol. The SMILES string of the molecule is CC(=O)CC(=O)N(CCC#N)c1ccccc1. The zero-order valence-electron chi connectivity index (χ0n) is 9.72. The van der Waals surface area contributed by atoms with Crippen molar-refractivity contribution in [2.45, 2.75) is 19.8 Å².